The van der Waals surface area contributed by atoms with Gasteiger partial charge in [-0.25, -0.2) is 4.79 Å². The van der Waals surface area contributed by atoms with E-state index in [1.165, 1.54) is 12.0 Å². The molecule has 0 heterocycles. The third-order valence-electron chi connectivity index (χ3n) is 6.78. The molecular formula is C33H51N5O7. The SMILES string of the molecule is CCCCCCN(CCc1ccccc1)C(=O)COc1ccc(C[C@H](OCC)C(=O)O)cc1.NC(N)=NCCC[C@H](N)C(=O)O. The fourth-order valence-corrected chi connectivity index (χ4v) is 4.23. The molecule has 1 amide bonds. The van der Waals surface area contributed by atoms with Crippen LogP contribution in [-0.4, -0.2) is 83.9 Å². The first-order valence-electron chi connectivity index (χ1n) is 15.5. The zero-order valence-corrected chi connectivity index (χ0v) is 26.6. The van der Waals surface area contributed by atoms with Crippen molar-refractivity contribution in [1.82, 2.24) is 4.90 Å². The van der Waals surface area contributed by atoms with Crippen molar-refractivity contribution >= 4 is 23.8 Å². The molecule has 0 spiro atoms. The Morgan fingerprint density at radius 1 is 0.867 bits per heavy atom. The van der Waals surface area contributed by atoms with Crippen molar-refractivity contribution in [2.24, 2.45) is 22.2 Å². The predicted octanol–water partition coefficient (Wildman–Crippen LogP) is 3.20. The number of ether oxygens (including phenoxy) is 2. The summed E-state index contributed by atoms with van der Waals surface area (Å²) in [4.78, 5) is 39.9. The van der Waals surface area contributed by atoms with E-state index in [1.807, 2.05) is 35.2 Å². The van der Waals surface area contributed by atoms with Gasteiger partial charge in [0, 0.05) is 32.7 Å². The van der Waals surface area contributed by atoms with Gasteiger partial charge in [-0.05, 0) is 55.9 Å². The van der Waals surface area contributed by atoms with Gasteiger partial charge in [-0.1, -0.05) is 68.7 Å². The van der Waals surface area contributed by atoms with Crippen LogP contribution in [0, 0.1) is 0 Å². The maximum atomic E-state index is 12.9. The number of benzene rings is 2. The van der Waals surface area contributed by atoms with E-state index >= 15 is 0 Å². The lowest BCUT2D eigenvalue weighted by Crippen LogP contribution is -2.37. The second-order valence-electron chi connectivity index (χ2n) is 10.5. The highest BCUT2D eigenvalue weighted by molar-refractivity contribution is 5.78. The fourth-order valence-electron chi connectivity index (χ4n) is 4.23. The Morgan fingerprint density at radius 2 is 1.56 bits per heavy atom. The summed E-state index contributed by atoms with van der Waals surface area (Å²) in [5.74, 6) is -1.39. The van der Waals surface area contributed by atoms with Crippen LogP contribution in [-0.2, 0) is 32.0 Å². The molecule has 45 heavy (non-hydrogen) atoms. The Labute approximate surface area is 266 Å². The highest BCUT2D eigenvalue weighted by Gasteiger charge is 2.18. The monoisotopic (exact) mass is 629 g/mol. The summed E-state index contributed by atoms with van der Waals surface area (Å²) in [5, 5.41) is 17.6. The van der Waals surface area contributed by atoms with Crippen molar-refractivity contribution in [3.05, 3.63) is 65.7 Å². The normalized spacial score (nSPS) is 11.8. The molecule has 2 rings (SSSR count). The first-order valence-corrected chi connectivity index (χ1v) is 15.5. The summed E-state index contributed by atoms with van der Waals surface area (Å²) in [7, 11) is 0. The lowest BCUT2D eigenvalue weighted by Gasteiger charge is -2.23. The van der Waals surface area contributed by atoms with Crippen molar-refractivity contribution < 1.29 is 34.1 Å². The molecule has 250 valence electrons. The van der Waals surface area contributed by atoms with E-state index in [1.54, 1.807) is 19.1 Å². The van der Waals surface area contributed by atoms with Gasteiger partial charge in [-0.2, -0.15) is 0 Å². The number of aliphatic carboxylic acids is 2. The first kappa shape index (κ1) is 38.9. The standard InChI is InChI=1S/C27H37NO5.C6H14N4O2/c1-3-5-6-10-18-28(19-17-22-11-8-7-9-12-22)26(29)21-33-24-15-13-23(14-16-24)20-25(27(30)31)32-4-2;7-4(5(11)12)2-1-3-10-6(8)9/h7-9,11-16,25H,3-6,10,17-21H2,1-2H3,(H,30,31);4H,1-3,7H2,(H,11,12)(H4,8,9,10)/t25-;4-/m00/s1. The summed E-state index contributed by atoms with van der Waals surface area (Å²) in [5.41, 5.74) is 17.4. The van der Waals surface area contributed by atoms with E-state index in [0.717, 1.165) is 37.8 Å². The number of carbonyl (C=O) groups excluding carboxylic acids is 1. The van der Waals surface area contributed by atoms with E-state index in [4.69, 9.17) is 31.8 Å². The van der Waals surface area contributed by atoms with Crippen molar-refractivity contribution in [2.45, 2.75) is 77.4 Å². The van der Waals surface area contributed by atoms with E-state index in [2.05, 4.69) is 24.0 Å². The van der Waals surface area contributed by atoms with Crippen LogP contribution < -0.4 is 21.9 Å². The van der Waals surface area contributed by atoms with Crippen LogP contribution in [0.5, 0.6) is 5.75 Å². The number of carbonyl (C=O) groups is 3. The molecule has 0 aliphatic heterocycles. The molecular weight excluding hydrogens is 578 g/mol. The maximum Gasteiger partial charge on any atom is 0.333 e. The molecule has 0 saturated carbocycles. The maximum absolute atomic E-state index is 12.9. The zero-order valence-electron chi connectivity index (χ0n) is 26.6. The predicted molar refractivity (Wildman–Crippen MR) is 175 cm³/mol. The molecule has 0 aromatic heterocycles. The molecule has 2 aromatic carbocycles. The lowest BCUT2D eigenvalue weighted by molar-refractivity contribution is -0.150. The molecule has 12 nitrogen and oxygen atoms in total. The quantitative estimate of drug-likeness (QED) is 0.0775. The van der Waals surface area contributed by atoms with Crippen molar-refractivity contribution in [1.29, 1.82) is 0 Å². The molecule has 0 bridgehead atoms. The van der Waals surface area contributed by atoms with E-state index in [0.29, 0.717) is 38.3 Å². The van der Waals surface area contributed by atoms with Gasteiger partial charge in [0.1, 0.15) is 11.8 Å². The van der Waals surface area contributed by atoms with Crippen LogP contribution in [0.25, 0.3) is 0 Å². The number of carboxylic acids is 2. The van der Waals surface area contributed by atoms with Gasteiger partial charge >= 0.3 is 11.9 Å². The number of nitrogens with two attached hydrogens (primary N) is 3. The second kappa shape index (κ2) is 23.3. The van der Waals surface area contributed by atoms with Gasteiger partial charge in [0.15, 0.2) is 18.7 Å². The number of unbranched alkanes of at least 4 members (excludes halogenated alkanes) is 3. The molecule has 0 saturated heterocycles. The fraction of sp³-hybridized carbons (Fsp3) is 0.515. The third kappa shape index (κ3) is 18.3. The Morgan fingerprint density at radius 3 is 2.13 bits per heavy atom. The molecule has 0 aliphatic carbocycles. The number of aliphatic imine (C=N–C) groups is 1. The van der Waals surface area contributed by atoms with Crippen LogP contribution >= 0.6 is 0 Å². The summed E-state index contributed by atoms with van der Waals surface area (Å²) < 4.78 is 11.0. The highest BCUT2D eigenvalue weighted by atomic mass is 16.5. The summed E-state index contributed by atoms with van der Waals surface area (Å²) in [6.07, 6.45) is 5.64. The zero-order chi connectivity index (χ0) is 33.5. The number of amides is 1. The van der Waals surface area contributed by atoms with Gasteiger partial charge in [0.05, 0.1) is 0 Å². The average molecular weight is 630 g/mol. The largest absolute Gasteiger partial charge is 0.484 e. The topological polar surface area (TPSA) is 204 Å². The summed E-state index contributed by atoms with van der Waals surface area (Å²) >= 11 is 0. The van der Waals surface area contributed by atoms with Gasteiger partial charge < -0.3 is 41.8 Å². The number of hydrogen-bond donors (Lipinski definition) is 5. The summed E-state index contributed by atoms with van der Waals surface area (Å²) in [6.45, 7) is 6.11. The summed E-state index contributed by atoms with van der Waals surface area (Å²) in [6, 6.07) is 16.5. The first-order chi connectivity index (χ1) is 21.6. The molecule has 12 heteroatoms. The average Bonchev–Trinajstić information content (AvgIpc) is 3.02. The van der Waals surface area contributed by atoms with Crippen LogP contribution in [0.15, 0.2) is 59.6 Å². The molecule has 2 aromatic rings. The van der Waals surface area contributed by atoms with E-state index in [-0.39, 0.29) is 24.9 Å². The van der Waals surface area contributed by atoms with E-state index < -0.39 is 24.1 Å². The van der Waals surface area contributed by atoms with Gasteiger partial charge in [-0.15, -0.1) is 0 Å². The van der Waals surface area contributed by atoms with Crippen molar-refractivity contribution in [2.75, 3.05) is 32.8 Å². The molecule has 8 N–H and O–H groups in total. The molecule has 0 radical (unpaired) electrons. The Bertz CT molecular complexity index is 1140. The van der Waals surface area contributed by atoms with Crippen molar-refractivity contribution in [3.8, 4) is 5.75 Å². The van der Waals surface area contributed by atoms with Crippen molar-refractivity contribution in [3.63, 3.8) is 0 Å². The molecule has 0 aliphatic rings. The minimum Gasteiger partial charge on any atom is -0.484 e. The number of nitrogens with zero attached hydrogens (tertiary/aromatic N) is 2. The number of rotatable bonds is 21. The number of guanidine groups is 1. The Hall–Kier alpha value is -4.16. The van der Waals surface area contributed by atoms with Crippen LogP contribution in [0.2, 0.25) is 0 Å². The second-order valence-corrected chi connectivity index (χ2v) is 10.5. The van der Waals surface area contributed by atoms with Gasteiger partial charge in [-0.3, -0.25) is 14.6 Å². The number of carboxylic acid groups (broad SMARTS) is 2. The van der Waals surface area contributed by atoms with E-state index in [9.17, 15) is 19.5 Å². The number of hydrogen-bond acceptors (Lipinski definition) is 7. The molecule has 0 unspecified atom stereocenters. The van der Waals surface area contributed by atoms with Gasteiger partial charge in [0.2, 0.25) is 0 Å². The lowest BCUT2D eigenvalue weighted by atomic mass is 10.1. The van der Waals surface area contributed by atoms with Crippen LogP contribution in [0.4, 0.5) is 0 Å². The van der Waals surface area contributed by atoms with Gasteiger partial charge in [0.25, 0.3) is 5.91 Å². The molecule has 2 atom stereocenters. The minimum absolute atomic E-state index is 0.0129. The minimum atomic E-state index is -1.00. The smallest absolute Gasteiger partial charge is 0.333 e. The Kier molecular flexibility index (Phi) is 20.1. The van der Waals surface area contributed by atoms with Crippen LogP contribution in [0.1, 0.15) is 63.5 Å². The van der Waals surface area contributed by atoms with Crippen LogP contribution in [0.3, 0.4) is 0 Å². The highest BCUT2D eigenvalue weighted by Crippen LogP contribution is 2.15. The Balaban J connectivity index is 0.000000712. The molecule has 0 fully saturated rings. The third-order valence-corrected chi connectivity index (χ3v) is 6.78.